The fourth-order valence-corrected chi connectivity index (χ4v) is 4.71. The molecule has 0 aliphatic heterocycles. The van der Waals surface area contributed by atoms with Crippen LogP contribution in [0.1, 0.15) is 40.9 Å². The number of halogens is 6. The minimum Gasteiger partial charge on any atom is -0.489 e. The zero-order chi connectivity index (χ0) is 36.2. The summed E-state index contributed by atoms with van der Waals surface area (Å²) in [6.07, 6.45) is -7.88. The number of carbonyl (C=O) groups is 4. The Morgan fingerprint density at radius 1 is 0.917 bits per heavy atom. The van der Waals surface area contributed by atoms with E-state index in [0.717, 1.165) is 35.0 Å². The van der Waals surface area contributed by atoms with Gasteiger partial charge in [-0.05, 0) is 63.2 Å². The number of nitrogens with zero attached hydrogens (tertiary/aromatic N) is 1. The van der Waals surface area contributed by atoms with Gasteiger partial charge >= 0.3 is 24.3 Å². The quantitative estimate of drug-likeness (QED) is 0.118. The van der Waals surface area contributed by atoms with Crippen molar-refractivity contribution in [2.75, 3.05) is 7.05 Å². The van der Waals surface area contributed by atoms with Crippen LogP contribution in [-0.2, 0) is 21.0 Å². The maximum Gasteiger partial charge on any atom is 0.490 e. The summed E-state index contributed by atoms with van der Waals surface area (Å²) < 4.78 is 69.5. The lowest BCUT2D eigenvalue weighted by Gasteiger charge is -2.37. The smallest absolute Gasteiger partial charge is 0.489 e. The van der Waals surface area contributed by atoms with E-state index in [1.54, 1.807) is 29.7 Å². The molecule has 1 aromatic heterocycles. The molecular weight excluding hydrogens is 658 g/mol. The lowest BCUT2D eigenvalue weighted by Crippen LogP contribution is -2.58. The first-order valence-electron chi connectivity index (χ1n) is 14.0. The second kappa shape index (κ2) is 17.3. The molecule has 0 radical (unpaired) electrons. The highest BCUT2D eigenvalue weighted by atomic mass is 19.4. The number of amides is 2. The number of carboxylic acids is 2. The molecular formula is C30H32F6N4O8. The molecule has 18 heteroatoms. The topological polar surface area (TPSA) is 187 Å². The molecule has 1 heterocycles. The van der Waals surface area contributed by atoms with Gasteiger partial charge in [-0.15, -0.1) is 0 Å². The molecule has 3 atom stereocenters. The monoisotopic (exact) mass is 690 g/mol. The number of nitrogens with one attached hydrogen (secondary N) is 3. The van der Waals surface area contributed by atoms with Crippen molar-refractivity contribution in [3.8, 4) is 5.75 Å². The number of aryl methyl sites for hydroxylation is 1. The Bertz CT molecular complexity index is 1540. The summed E-state index contributed by atoms with van der Waals surface area (Å²) in [5.41, 5.74) is 5.12. The number of likely N-dealkylation sites (N-methyl/N-ethyl adjacent to an activating group) is 1. The van der Waals surface area contributed by atoms with Gasteiger partial charge < -0.3 is 25.6 Å². The van der Waals surface area contributed by atoms with Gasteiger partial charge in [0.2, 0.25) is 5.91 Å². The molecule has 1 fully saturated rings. The van der Waals surface area contributed by atoms with Gasteiger partial charge in [-0.1, -0.05) is 24.6 Å². The number of fused-ring (bicyclic) bond motifs is 1. The van der Waals surface area contributed by atoms with Crippen molar-refractivity contribution in [2.45, 2.75) is 57.2 Å². The average Bonchev–Trinajstić information content (AvgIpc) is 3.03. The largest absolute Gasteiger partial charge is 0.490 e. The minimum atomic E-state index is -5.08. The molecule has 262 valence electrons. The van der Waals surface area contributed by atoms with Gasteiger partial charge in [0, 0.05) is 28.2 Å². The Balaban J connectivity index is 0.000000479. The van der Waals surface area contributed by atoms with Crippen LogP contribution in [0, 0.1) is 12.8 Å². The Kier molecular flexibility index (Phi) is 14.1. The van der Waals surface area contributed by atoms with E-state index >= 15 is 0 Å². The van der Waals surface area contributed by atoms with Crippen LogP contribution in [0.25, 0.3) is 10.9 Å². The number of para-hydroxylation sites is 1. The maximum absolute atomic E-state index is 12.9. The number of carboxylic acid groups (broad SMARTS) is 2. The molecule has 6 N–H and O–H groups in total. The maximum atomic E-state index is 12.9. The summed E-state index contributed by atoms with van der Waals surface area (Å²) in [6.45, 7) is 2.35. The molecule has 0 saturated heterocycles. The lowest BCUT2D eigenvalue weighted by atomic mass is 9.80. The normalized spacial score (nSPS) is 17.5. The third-order valence-electron chi connectivity index (χ3n) is 6.94. The number of aliphatic carboxylic acids is 2. The van der Waals surface area contributed by atoms with Crippen molar-refractivity contribution in [1.29, 1.82) is 0 Å². The summed E-state index contributed by atoms with van der Waals surface area (Å²) in [6, 6.07) is 16.4. The van der Waals surface area contributed by atoms with E-state index in [9.17, 15) is 35.9 Å². The van der Waals surface area contributed by atoms with Crippen LogP contribution in [0.2, 0.25) is 0 Å². The first kappa shape index (κ1) is 39.2. The Labute approximate surface area is 269 Å². The minimum absolute atomic E-state index is 0.0544. The van der Waals surface area contributed by atoms with Crippen LogP contribution in [0.5, 0.6) is 5.75 Å². The second-order valence-electron chi connectivity index (χ2n) is 10.3. The molecule has 2 aromatic carbocycles. The third-order valence-corrected chi connectivity index (χ3v) is 6.94. The van der Waals surface area contributed by atoms with Crippen molar-refractivity contribution < 1.29 is 65.7 Å². The molecule has 0 spiro atoms. The van der Waals surface area contributed by atoms with Crippen molar-refractivity contribution >= 4 is 34.7 Å². The van der Waals surface area contributed by atoms with Crippen molar-refractivity contribution in [3.63, 3.8) is 0 Å². The summed E-state index contributed by atoms with van der Waals surface area (Å²) in [5.74, 6) is -6.11. The van der Waals surface area contributed by atoms with Crippen LogP contribution in [0.3, 0.4) is 0 Å². The molecule has 48 heavy (non-hydrogen) atoms. The number of hydrogen-bond acceptors (Lipinski definition) is 8. The predicted octanol–water partition coefficient (Wildman–Crippen LogP) is 4.38. The van der Waals surface area contributed by atoms with Crippen LogP contribution >= 0.6 is 0 Å². The van der Waals surface area contributed by atoms with E-state index in [-0.39, 0.29) is 11.9 Å². The van der Waals surface area contributed by atoms with Gasteiger partial charge in [0.15, 0.2) is 0 Å². The first-order chi connectivity index (χ1) is 22.4. The molecule has 1 saturated carbocycles. The fraction of sp³-hybridized carbons (Fsp3) is 0.367. The lowest BCUT2D eigenvalue weighted by molar-refractivity contribution is -0.193. The van der Waals surface area contributed by atoms with Gasteiger partial charge in [0.05, 0.1) is 17.5 Å². The molecule has 0 bridgehead atoms. The molecule has 3 aromatic rings. The highest BCUT2D eigenvalue weighted by Gasteiger charge is 2.39. The molecule has 1 aliphatic carbocycles. The number of hydrogen-bond donors (Lipinski definition) is 6. The number of carbonyl (C=O) groups excluding carboxylic acids is 2. The molecule has 12 nitrogen and oxygen atoms in total. The third kappa shape index (κ3) is 11.7. The van der Waals surface area contributed by atoms with Crippen LogP contribution in [0.4, 0.5) is 26.3 Å². The van der Waals surface area contributed by atoms with E-state index in [1.807, 2.05) is 44.3 Å². The number of hydroxylamine groups is 1. The number of rotatable bonds is 7. The van der Waals surface area contributed by atoms with E-state index in [4.69, 9.17) is 29.7 Å². The fourth-order valence-electron chi connectivity index (χ4n) is 4.71. The Hall–Kier alpha value is -4.97. The van der Waals surface area contributed by atoms with Crippen molar-refractivity contribution in [3.05, 3.63) is 71.4 Å². The summed E-state index contributed by atoms with van der Waals surface area (Å²) in [4.78, 5) is 47.4. The zero-order valence-corrected chi connectivity index (χ0v) is 25.4. The predicted molar refractivity (Wildman–Crippen MR) is 156 cm³/mol. The molecule has 1 aliphatic rings. The summed E-state index contributed by atoms with van der Waals surface area (Å²) >= 11 is 0. The van der Waals surface area contributed by atoms with E-state index < -0.39 is 42.2 Å². The van der Waals surface area contributed by atoms with Crippen molar-refractivity contribution in [2.24, 2.45) is 5.92 Å². The highest BCUT2D eigenvalue weighted by molar-refractivity contribution is 5.95. The van der Waals surface area contributed by atoms with E-state index in [2.05, 4.69) is 15.6 Å². The van der Waals surface area contributed by atoms with Gasteiger partial charge in [-0.25, -0.2) is 15.1 Å². The van der Waals surface area contributed by atoms with Crippen LogP contribution in [0.15, 0.2) is 54.6 Å². The van der Waals surface area contributed by atoms with Gasteiger partial charge in [0.1, 0.15) is 12.4 Å². The zero-order valence-electron chi connectivity index (χ0n) is 25.4. The van der Waals surface area contributed by atoms with Gasteiger partial charge in [-0.3, -0.25) is 19.8 Å². The number of alkyl halides is 6. The van der Waals surface area contributed by atoms with Crippen molar-refractivity contribution in [1.82, 2.24) is 21.1 Å². The Morgan fingerprint density at radius 2 is 1.48 bits per heavy atom. The summed E-state index contributed by atoms with van der Waals surface area (Å²) in [7, 11) is 1.81. The SMILES string of the molecule is CN[C@@H]1CCC[C@@H](C(=O)NO)[C@H]1NC(=O)c1ccc(OCc2cc(C)nc3ccccc23)cc1.O=C(O)C(F)(F)F.O=C(O)C(F)(F)F. The average molecular weight is 691 g/mol. The van der Waals surface area contributed by atoms with E-state index in [1.165, 1.54) is 0 Å². The van der Waals surface area contributed by atoms with Crippen LogP contribution in [-0.4, -0.2) is 75.6 Å². The highest BCUT2D eigenvalue weighted by Crippen LogP contribution is 2.26. The van der Waals surface area contributed by atoms with E-state index in [0.29, 0.717) is 24.3 Å². The van der Waals surface area contributed by atoms with Gasteiger partial charge in [0.25, 0.3) is 5.91 Å². The first-order valence-corrected chi connectivity index (χ1v) is 14.0. The summed E-state index contributed by atoms with van der Waals surface area (Å²) in [5, 5.41) is 30.6. The molecule has 2 amide bonds. The molecule has 4 rings (SSSR count). The number of ether oxygens (including phenoxy) is 1. The standard InChI is InChI=1S/C26H30N4O4.2C2HF3O2/c1-16-14-18(20-6-3-4-8-22(20)28-16)15-34-19-12-10-17(11-13-19)25(31)29-24-21(26(32)30-33)7-5-9-23(24)27-2;2*3-2(4,5)1(6)7/h3-4,6,8,10-14,21,23-24,27,33H,5,7,9,15H2,1-2H3,(H,29,31)(H,30,32);2*(H,6,7)/t21-,23-,24-;;/m1../s1. The van der Waals surface area contributed by atoms with Gasteiger partial charge in [-0.2, -0.15) is 26.3 Å². The number of aromatic nitrogens is 1. The Morgan fingerprint density at radius 3 is 2.00 bits per heavy atom. The van der Waals surface area contributed by atoms with Crippen LogP contribution < -0.4 is 20.9 Å². The number of benzene rings is 2. The molecule has 0 unspecified atom stereocenters. The number of pyridine rings is 1. The second-order valence-corrected chi connectivity index (χ2v) is 10.3.